The van der Waals surface area contributed by atoms with E-state index in [-0.39, 0.29) is 30.2 Å². The van der Waals surface area contributed by atoms with Crippen LogP contribution in [-0.2, 0) is 6.61 Å². The molecule has 152 valence electrons. The van der Waals surface area contributed by atoms with Crippen molar-refractivity contribution in [3.05, 3.63) is 35.3 Å². The summed E-state index contributed by atoms with van der Waals surface area (Å²) in [6.07, 6.45) is -3.90. The van der Waals surface area contributed by atoms with Gasteiger partial charge in [-0.3, -0.25) is 5.32 Å². The third-order valence-corrected chi connectivity index (χ3v) is 4.81. The molecule has 1 fully saturated rings. The second kappa shape index (κ2) is 8.65. The molecule has 1 aliphatic rings. The number of hydrogen-bond donors (Lipinski definition) is 2. The topological polar surface area (TPSA) is 83.9 Å². The highest BCUT2D eigenvalue weighted by Gasteiger charge is 2.31. The monoisotopic (exact) mass is 417 g/mol. The van der Waals surface area contributed by atoms with Gasteiger partial charge in [-0.1, -0.05) is 6.07 Å². The predicted molar refractivity (Wildman–Crippen MR) is 95.4 cm³/mol. The number of hydrogen-bond acceptors (Lipinski definition) is 6. The van der Waals surface area contributed by atoms with Crippen molar-refractivity contribution in [2.75, 3.05) is 18.4 Å². The molecular weight excluding hydrogens is 399 g/mol. The van der Waals surface area contributed by atoms with E-state index in [0.717, 1.165) is 0 Å². The molecule has 1 aromatic heterocycles. The number of nitrogens with one attached hydrogen (secondary N) is 1. The van der Waals surface area contributed by atoms with Crippen molar-refractivity contribution in [3.63, 3.8) is 0 Å². The van der Waals surface area contributed by atoms with E-state index in [2.05, 4.69) is 15.0 Å². The van der Waals surface area contributed by atoms with Gasteiger partial charge in [-0.25, -0.2) is 9.78 Å². The smallest absolute Gasteiger partial charge is 0.490 e. The number of likely N-dealkylation sites (tertiary alicyclic amines) is 1. The summed E-state index contributed by atoms with van der Waals surface area (Å²) in [4.78, 5) is 17.9. The van der Waals surface area contributed by atoms with Crippen LogP contribution in [0.5, 0.6) is 11.5 Å². The lowest BCUT2D eigenvalue weighted by Gasteiger charge is -2.32. The molecule has 2 aromatic rings. The summed E-state index contributed by atoms with van der Waals surface area (Å²) in [7, 11) is 0. The van der Waals surface area contributed by atoms with E-state index in [4.69, 9.17) is 9.84 Å². The van der Waals surface area contributed by atoms with Crippen LogP contribution in [-0.4, -0.2) is 46.6 Å². The van der Waals surface area contributed by atoms with Gasteiger partial charge in [0.25, 0.3) is 0 Å². The molecule has 28 heavy (non-hydrogen) atoms. The van der Waals surface area contributed by atoms with Crippen LogP contribution in [0.2, 0.25) is 0 Å². The number of halogens is 3. The average Bonchev–Trinajstić information content (AvgIpc) is 3.09. The Hall–Kier alpha value is -2.53. The molecule has 1 aromatic carbocycles. The number of thiazole rings is 1. The van der Waals surface area contributed by atoms with E-state index in [1.807, 2.05) is 0 Å². The summed E-state index contributed by atoms with van der Waals surface area (Å²) in [6, 6.07) is 5.08. The number of aliphatic hydroxyl groups excluding tert-OH is 1. The van der Waals surface area contributed by atoms with E-state index in [0.29, 0.717) is 36.8 Å². The fraction of sp³-hybridized carbons (Fsp3) is 0.412. The first kappa shape index (κ1) is 20.2. The number of urea groups is 1. The third kappa shape index (κ3) is 5.73. The number of benzene rings is 1. The maximum Gasteiger partial charge on any atom is 0.573 e. The van der Waals surface area contributed by atoms with Crippen LogP contribution in [0.1, 0.15) is 18.5 Å². The van der Waals surface area contributed by atoms with Crippen molar-refractivity contribution < 1.29 is 32.5 Å². The number of carbonyl (C=O) groups is 1. The Bertz CT molecular complexity index is 807. The first-order valence-corrected chi connectivity index (χ1v) is 9.34. The number of alkyl halides is 3. The minimum absolute atomic E-state index is 0.190. The summed E-state index contributed by atoms with van der Waals surface area (Å²) < 4.78 is 46.5. The molecule has 0 atom stereocenters. The van der Waals surface area contributed by atoms with Crippen molar-refractivity contribution >= 4 is 22.5 Å². The van der Waals surface area contributed by atoms with Gasteiger partial charge in [0.2, 0.25) is 0 Å². The lowest BCUT2D eigenvalue weighted by atomic mass is 10.1. The SMILES string of the molecule is O=C(Nc1nc(CO)cs1)N1CCC(Oc2cccc(OC(F)(F)F)c2)CC1. The van der Waals surface area contributed by atoms with E-state index < -0.39 is 6.36 Å². The summed E-state index contributed by atoms with van der Waals surface area (Å²) >= 11 is 1.23. The molecule has 0 spiro atoms. The number of aliphatic hydroxyl groups is 1. The van der Waals surface area contributed by atoms with E-state index in [1.165, 1.54) is 29.5 Å². The van der Waals surface area contributed by atoms with E-state index in [9.17, 15) is 18.0 Å². The number of anilines is 1. The van der Waals surface area contributed by atoms with Crippen molar-refractivity contribution in [3.8, 4) is 11.5 Å². The molecule has 2 amide bonds. The highest BCUT2D eigenvalue weighted by molar-refractivity contribution is 7.13. The molecule has 2 heterocycles. The molecule has 11 heteroatoms. The molecule has 0 radical (unpaired) electrons. The summed E-state index contributed by atoms with van der Waals surface area (Å²) in [5.74, 6) is -0.0588. The van der Waals surface area contributed by atoms with Gasteiger partial charge in [-0.2, -0.15) is 0 Å². The molecule has 0 bridgehead atoms. The average molecular weight is 417 g/mol. The van der Waals surface area contributed by atoms with Crippen LogP contribution in [0, 0.1) is 0 Å². The molecule has 3 rings (SSSR count). The Labute approximate surface area is 162 Å². The van der Waals surface area contributed by atoms with Crippen molar-refractivity contribution in [2.24, 2.45) is 0 Å². The van der Waals surface area contributed by atoms with Gasteiger partial charge in [0.15, 0.2) is 5.13 Å². The van der Waals surface area contributed by atoms with Gasteiger partial charge in [-0.05, 0) is 12.1 Å². The maximum atomic E-state index is 12.3. The van der Waals surface area contributed by atoms with Crippen molar-refractivity contribution in [1.29, 1.82) is 0 Å². The van der Waals surface area contributed by atoms with E-state index in [1.54, 1.807) is 16.3 Å². The number of carbonyl (C=O) groups excluding carboxylic acids is 1. The number of nitrogens with zero attached hydrogens (tertiary/aromatic N) is 2. The largest absolute Gasteiger partial charge is 0.573 e. The first-order valence-electron chi connectivity index (χ1n) is 8.46. The second-order valence-electron chi connectivity index (χ2n) is 6.06. The molecule has 2 N–H and O–H groups in total. The zero-order chi connectivity index (χ0) is 20.1. The zero-order valence-corrected chi connectivity index (χ0v) is 15.4. The molecule has 1 aliphatic heterocycles. The molecule has 0 aliphatic carbocycles. The molecule has 0 unspecified atom stereocenters. The lowest BCUT2D eigenvalue weighted by molar-refractivity contribution is -0.274. The van der Waals surface area contributed by atoms with Crippen LogP contribution in [0.25, 0.3) is 0 Å². The fourth-order valence-electron chi connectivity index (χ4n) is 2.72. The molecule has 0 saturated carbocycles. The Balaban J connectivity index is 1.48. The number of piperidine rings is 1. The number of amides is 2. The van der Waals surface area contributed by atoms with Gasteiger partial charge in [0.05, 0.1) is 12.3 Å². The Kier molecular flexibility index (Phi) is 6.25. The van der Waals surface area contributed by atoms with Gasteiger partial charge in [0.1, 0.15) is 17.6 Å². The highest BCUT2D eigenvalue weighted by Crippen LogP contribution is 2.28. The summed E-state index contributed by atoms with van der Waals surface area (Å²) in [6.45, 7) is 0.686. The van der Waals surface area contributed by atoms with Crippen LogP contribution in [0.15, 0.2) is 29.6 Å². The Morgan fingerprint density at radius 2 is 2.04 bits per heavy atom. The first-order chi connectivity index (χ1) is 13.3. The second-order valence-corrected chi connectivity index (χ2v) is 6.92. The molecular formula is C17H18F3N3O4S. The van der Waals surface area contributed by atoms with Gasteiger partial charge < -0.3 is 19.5 Å². The number of rotatable bonds is 5. The van der Waals surface area contributed by atoms with Crippen LogP contribution < -0.4 is 14.8 Å². The van der Waals surface area contributed by atoms with Crippen LogP contribution in [0.3, 0.4) is 0 Å². The third-order valence-electron chi connectivity index (χ3n) is 4.00. The van der Waals surface area contributed by atoms with Crippen LogP contribution >= 0.6 is 11.3 Å². The number of ether oxygens (including phenoxy) is 2. The highest BCUT2D eigenvalue weighted by atomic mass is 32.1. The Morgan fingerprint density at radius 3 is 2.68 bits per heavy atom. The molecule has 1 saturated heterocycles. The van der Waals surface area contributed by atoms with Crippen molar-refractivity contribution in [1.82, 2.24) is 9.88 Å². The van der Waals surface area contributed by atoms with Gasteiger partial charge >= 0.3 is 12.4 Å². The van der Waals surface area contributed by atoms with Gasteiger partial charge in [-0.15, -0.1) is 24.5 Å². The maximum absolute atomic E-state index is 12.3. The minimum Gasteiger partial charge on any atom is -0.490 e. The minimum atomic E-state index is -4.76. The standard InChI is InChI=1S/C17H18F3N3O4S/c18-17(19,20)27-14-3-1-2-13(8-14)26-12-4-6-23(7-5-12)16(25)22-15-21-11(9-24)10-28-15/h1-3,8,10,12,24H,4-7,9H2,(H,21,22,25). The normalized spacial score (nSPS) is 15.4. The molecule has 7 nitrogen and oxygen atoms in total. The quantitative estimate of drug-likeness (QED) is 0.777. The zero-order valence-electron chi connectivity index (χ0n) is 14.6. The Morgan fingerprint density at radius 1 is 1.32 bits per heavy atom. The van der Waals surface area contributed by atoms with Gasteiger partial charge in [0, 0.05) is 37.4 Å². The predicted octanol–water partition coefficient (Wildman–Crippen LogP) is 3.61. The fourth-order valence-corrected chi connectivity index (χ4v) is 3.41. The number of aromatic nitrogens is 1. The summed E-state index contributed by atoms with van der Waals surface area (Å²) in [5.41, 5.74) is 0.490. The van der Waals surface area contributed by atoms with Crippen molar-refractivity contribution in [2.45, 2.75) is 31.9 Å². The lowest BCUT2D eigenvalue weighted by Crippen LogP contribution is -2.43. The summed E-state index contributed by atoms with van der Waals surface area (Å²) in [5, 5.41) is 13.7. The van der Waals surface area contributed by atoms with E-state index >= 15 is 0 Å². The van der Waals surface area contributed by atoms with Crippen LogP contribution in [0.4, 0.5) is 23.1 Å².